The van der Waals surface area contributed by atoms with Crippen LogP contribution in [0.2, 0.25) is 5.02 Å². The van der Waals surface area contributed by atoms with E-state index in [9.17, 15) is 4.79 Å². The smallest absolute Gasteiger partial charge is 0.241 e. The van der Waals surface area contributed by atoms with Crippen LogP contribution in [0.5, 0.6) is 5.75 Å². The van der Waals surface area contributed by atoms with Gasteiger partial charge in [-0.1, -0.05) is 28.9 Å². The summed E-state index contributed by atoms with van der Waals surface area (Å²) in [4.78, 5) is 19.5. The van der Waals surface area contributed by atoms with E-state index >= 15 is 0 Å². The molecule has 1 unspecified atom stereocenters. The number of methoxy groups -OCH3 is 1. The van der Waals surface area contributed by atoms with Crippen LogP contribution < -0.4 is 10.1 Å². The fourth-order valence-corrected chi connectivity index (χ4v) is 4.01. The first-order chi connectivity index (χ1) is 15.5. The van der Waals surface area contributed by atoms with E-state index in [4.69, 9.17) is 20.9 Å². The van der Waals surface area contributed by atoms with Gasteiger partial charge in [0, 0.05) is 16.5 Å². The van der Waals surface area contributed by atoms with Crippen molar-refractivity contribution in [3.05, 3.63) is 65.0 Å². The second-order valence-electron chi connectivity index (χ2n) is 8.07. The molecule has 32 heavy (non-hydrogen) atoms. The van der Waals surface area contributed by atoms with E-state index in [1.54, 1.807) is 19.2 Å². The lowest BCUT2D eigenvalue weighted by molar-refractivity contribution is -0.127. The molecule has 0 bridgehead atoms. The summed E-state index contributed by atoms with van der Waals surface area (Å²) in [6.07, 6.45) is 1.61. The SMILES string of the molecule is COc1ccc(C(C)NC(=O)C2CCN(Cc3nc(-c4ccc(Cl)cc4)no3)CC2)cc1. The maximum Gasteiger partial charge on any atom is 0.241 e. The molecule has 8 heteroatoms. The van der Waals surface area contributed by atoms with Crippen molar-refractivity contribution in [2.75, 3.05) is 20.2 Å². The molecule has 1 aliphatic rings. The summed E-state index contributed by atoms with van der Waals surface area (Å²) in [5, 5.41) is 7.88. The van der Waals surface area contributed by atoms with E-state index in [1.807, 2.05) is 43.3 Å². The van der Waals surface area contributed by atoms with Gasteiger partial charge in [0.25, 0.3) is 0 Å². The summed E-state index contributed by atoms with van der Waals surface area (Å²) in [5.41, 5.74) is 1.93. The minimum Gasteiger partial charge on any atom is -0.497 e. The van der Waals surface area contributed by atoms with E-state index in [0.717, 1.165) is 42.8 Å². The summed E-state index contributed by atoms with van der Waals surface area (Å²) >= 11 is 5.93. The zero-order chi connectivity index (χ0) is 22.5. The molecule has 1 saturated heterocycles. The first-order valence-corrected chi connectivity index (χ1v) is 11.1. The van der Waals surface area contributed by atoms with Crippen molar-refractivity contribution < 1.29 is 14.1 Å². The summed E-state index contributed by atoms with van der Waals surface area (Å²) in [7, 11) is 1.64. The normalized spacial score (nSPS) is 16.0. The van der Waals surface area contributed by atoms with E-state index in [-0.39, 0.29) is 17.9 Å². The molecular formula is C24H27ClN4O3. The number of carbonyl (C=O) groups is 1. The second-order valence-corrected chi connectivity index (χ2v) is 8.51. The second kappa shape index (κ2) is 10.1. The maximum atomic E-state index is 12.7. The predicted octanol–water partition coefficient (Wildman–Crippen LogP) is 4.49. The highest BCUT2D eigenvalue weighted by atomic mass is 35.5. The van der Waals surface area contributed by atoms with Crippen LogP contribution in [0.3, 0.4) is 0 Å². The number of benzene rings is 2. The lowest BCUT2D eigenvalue weighted by Gasteiger charge is -2.30. The first kappa shape index (κ1) is 22.3. The van der Waals surface area contributed by atoms with Crippen LogP contribution in [0.4, 0.5) is 0 Å². The number of nitrogens with one attached hydrogen (secondary N) is 1. The van der Waals surface area contributed by atoms with E-state index in [0.29, 0.717) is 23.3 Å². The predicted molar refractivity (Wildman–Crippen MR) is 122 cm³/mol. The topological polar surface area (TPSA) is 80.5 Å². The Kier molecular flexibility index (Phi) is 7.07. The van der Waals surface area contributed by atoms with Gasteiger partial charge in [-0.05, 0) is 74.8 Å². The molecule has 0 aliphatic carbocycles. The number of hydrogen-bond donors (Lipinski definition) is 1. The van der Waals surface area contributed by atoms with Crippen LogP contribution in [0.25, 0.3) is 11.4 Å². The van der Waals surface area contributed by atoms with Crippen molar-refractivity contribution in [1.29, 1.82) is 0 Å². The molecule has 1 atom stereocenters. The molecule has 168 valence electrons. The van der Waals surface area contributed by atoms with Gasteiger partial charge in [0.2, 0.25) is 17.6 Å². The van der Waals surface area contributed by atoms with Gasteiger partial charge in [-0.2, -0.15) is 4.98 Å². The number of carbonyl (C=O) groups excluding carboxylic acids is 1. The van der Waals surface area contributed by atoms with Gasteiger partial charge in [-0.3, -0.25) is 9.69 Å². The summed E-state index contributed by atoms with van der Waals surface area (Å²) in [6, 6.07) is 15.1. The molecule has 1 aliphatic heterocycles. The lowest BCUT2D eigenvalue weighted by atomic mass is 9.95. The van der Waals surface area contributed by atoms with Crippen LogP contribution in [0.15, 0.2) is 53.1 Å². The minimum absolute atomic E-state index is 0.0132. The number of aromatic nitrogens is 2. The Morgan fingerprint density at radius 3 is 2.53 bits per heavy atom. The van der Waals surface area contributed by atoms with Crippen LogP contribution >= 0.6 is 11.6 Å². The van der Waals surface area contributed by atoms with Crippen molar-refractivity contribution in [3.63, 3.8) is 0 Å². The summed E-state index contributed by atoms with van der Waals surface area (Å²) in [6.45, 7) is 4.21. The standard InChI is InChI=1S/C24H27ClN4O3/c1-16(17-5-9-21(31-2)10-6-17)26-24(30)19-11-13-29(14-12-19)15-22-27-23(28-32-22)18-3-7-20(25)8-4-18/h3-10,16,19H,11-15H2,1-2H3,(H,26,30). The van der Waals surface area contributed by atoms with Crippen molar-refractivity contribution >= 4 is 17.5 Å². The molecule has 2 heterocycles. The van der Waals surface area contributed by atoms with Gasteiger partial charge in [0.05, 0.1) is 19.7 Å². The molecule has 7 nitrogen and oxygen atoms in total. The monoisotopic (exact) mass is 454 g/mol. The highest BCUT2D eigenvalue weighted by molar-refractivity contribution is 6.30. The molecule has 2 aromatic carbocycles. The fraction of sp³-hybridized carbons (Fsp3) is 0.375. The Morgan fingerprint density at radius 2 is 1.88 bits per heavy atom. The number of amides is 1. The number of halogens is 1. The zero-order valence-electron chi connectivity index (χ0n) is 18.3. The molecule has 0 spiro atoms. The third-order valence-electron chi connectivity index (χ3n) is 5.86. The van der Waals surface area contributed by atoms with Gasteiger partial charge >= 0.3 is 0 Å². The number of rotatable bonds is 7. The summed E-state index contributed by atoms with van der Waals surface area (Å²) in [5.74, 6) is 2.06. The number of piperidine rings is 1. The third kappa shape index (κ3) is 5.47. The Labute approximate surface area is 192 Å². The van der Waals surface area contributed by atoms with Crippen LogP contribution in [0, 0.1) is 5.92 Å². The minimum atomic E-state index is -0.0453. The van der Waals surface area contributed by atoms with E-state index < -0.39 is 0 Å². The molecule has 3 aromatic rings. The van der Waals surface area contributed by atoms with E-state index in [2.05, 4.69) is 20.4 Å². The Morgan fingerprint density at radius 1 is 1.19 bits per heavy atom. The van der Waals surface area contributed by atoms with Crippen molar-refractivity contribution in [1.82, 2.24) is 20.4 Å². The van der Waals surface area contributed by atoms with Crippen molar-refractivity contribution in [3.8, 4) is 17.1 Å². The van der Waals surface area contributed by atoms with Gasteiger partial charge < -0.3 is 14.6 Å². The average molecular weight is 455 g/mol. The molecule has 1 aromatic heterocycles. The highest BCUT2D eigenvalue weighted by Gasteiger charge is 2.27. The average Bonchev–Trinajstić information content (AvgIpc) is 3.28. The largest absolute Gasteiger partial charge is 0.497 e. The van der Waals surface area contributed by atoms with Gasteiger partial charge in [0.1, 0.15) is 5.75 Å². The van der Waals surface area contributed by atoms with Crippen molar-refractivity contribution in [2.45, 2.75) is 32.4 Å². The maximum absolute atomic E-state index is 12.7. The number of hydrogen-bond acceptors (Lipinski definition) is 6. The van der Waals surface area contributed by atoms with E-state index in [1.165, 1.54) is 0 Å². The zero-order valence-corrected chi connectivity index (χ0v) is 19.0. The van der Waals surface area contributed by atoms with Crippen LogP contribution in [-0.4, -0.2) is 41.1 Å². The molecule has 0 radical (unpaired) electrons. The molecular weight excluding hydrogens is 428 g/mol. The van der Waals surface area contributed by atoms with Gasteiger partial charge in [0.15, 0.2) is 0 Å². The van der Waals surface area contributed by atoms with Gasteiger partial charge in [-0.25, -0.2) is 0 Å². The molecule has 1 amide bonds. The highest BCUT2D eigenvalue weighted by Crippen LogP contribution is 2.23. The number of nitrogens with zero attached hydrogens (tertiary/aromatic N) is 3. The Hall–Kier alpha value is -2.90. The lowest BCUT2D eigenvalue weighted by Crippen LogP contribution is -2.40. The number of ether oxygens (including phenoxy) is 1. The third-order valence-corrected chi connectivity index (χ3v) is 6.11. The number of likely N-dealkylation sites (tertiary alicyclic amines) is 1. The van der Waals surface area contributed by atoms with Crippen molar-refractivity contribution in [2.24, 2.45) is 5.92 Å². The Bertz CT molecular complexity index is 1030. The van der Waals surface area contributed by atoms with Crippen LogP contribution in [0.1, 0.15) is 37.3 Å². The fourth-order valence-electron chi connectivity index (χ4n) is 3.89. The molecule has 4 rings (SSSR count). The molecule has 1 N–H and O–H groups in total. The van der Waals surface area contributed by atoms with Gasteiger partial charge in [-0.15, -0.1) is 0 Å². The Balaban J connectivity index is 1.25. The summed E-state index contributed by atoms with van der Waals surface area (Å²) < 4.78 is 10.6. The quantitative estimate of drug-likeness (QED) is 0.566. The molecule has 0 saturated carbocycles. The molecule has 1 fully saturated rings. The first-order valence-electron chi connectivity index (χ1n) is 10.8. The van der Waals surface area contributed by atoms with Crippen LogP contribution in [-0.2, 0) is 11.3 Å².